The summed E-state index contributed by atoms with van der Waals surface area (Å²) in [6, 6.07) is 13.8. The summed E-state index contributed by atoms with van der Waals surface area (Å²) in [7, 11) is -3.86. The van der Waals surface area contributed by atoms with Crippen LogP contribution in [0.1, 0.15) is 109 Å². The number of oxime groups is 1. The monoisotopic (exact) mass is 791 g/mol. The molecule has 3 saturated carbocycles. The third kappa shape index (κ3) is 8.52. The van der Waals surface area contributed by atoms with Crippen molar-refractivity contribution in [1.29, 1.82) is 0 Å². The number of hydrazine groups is 1. The van der Waals surface area contributed by atoms with Gasteiger partial charge in [0.2, 0.25) is 21.8 Å². The fourth-order valence-electron chi connectivity index (χ4n) is 8.21. The normalized spacial score (nSPS) is 27.5. The van der Waals surface area contributed by atoms with Crippen LogP contribution in [-0.2, 0) is 34.0 Å². The molecule has 15 heteroatoms. The molecule has 14 nitrogen and oxygen atoms in total. The molecule has 2 aromatic rings. The molecule has 5 aliphatic rings. The van der Waals surface area contributed by atoms with Gasteiger partial charge in [-0.2, -0.15) is 0 Å². The van der Waals surface area contributed by atoms with Crippen molar-refractivity contribution in [3.8, 4) is 16.9 Å². The van der Waals surface area contributed by atoms with Crippen molar-refractivity contribution >= 4 is 39.5 Å². The number of carbonyl (C=O) groups excluding carboxylic acids is 4. The van der Waals surface area contributed by atoms with Crippen LogP contribution in [0, 0.1) is 17.8 Å². The standard InChI is InChI=1S/C41H53N5O9S/c1-5-25-24-41(25,38(49)45-56(51,52)28-16-17-28)42-36(47)33-22-27-23-34(33)37(48)46(43-39(50)54-40(2,3)4)19-11-7-6-8-12-20-53-26-15-18-30-29-13-9-10-14-31(29)35(44-55-27)32(30)21-26/h9-10,13-15,18,21,25,27-28,33-34H,5-8,11-12,16-17,19-20,22-24H2,1-4H3,(H,42,47)(H,43,50)(H,45,49)/b44-35-/t25-,27+,33+,34+,41+/m0/s1. The van der Waals surface area contributed by atoms with Gasteiger partial charge in [-0.25, -0.2) is 18.6 Å². The van der Waals surface area contributed by atoms with Gasteiger partial charge in [0.15, 0.2) is 0 Å². The van der Waals surface area contributed by atoms with Gasteiger partial charge in [-0.3, -0.25) is 24.1 Å². The van der Waals surface area contributed by atoms with E-state index in [4.69, 9.17) is 14.3 Å². The largest absolute Gasteiger partial charge is 0.494 e. The van der Waals surface area contributed by atoms with Crippen molar-refractivity contribution in [3.05, 3.63) is 53.6 Å². The summed E-state index contributed by atoms with van der Waals surface area (Å²) >= 11 is 0. The third-order valence-corrected chi connectivity index (χ3v) is 13.2. The maximum Gasteiger partial charge on any atom is 0.426 e. The van der Waals surface area contributed by atoms with Crippen LogP contribution in [0.5, 0.6) is 5.75 Å². The van der Waals surface area contributed by atoms with Gasteiger partial charge in [0, 0.05) is 17.7 Å². The number of fused-ring (bicyclic) bond motifs is 6. The lowest BCUT2D eigenvalue weighted by molar-refractivity contribution is -0.144. The minimum atomic E-state index is -3.86. The maximum absolute atomic E-state index is 14.6. The number of ether oxygens (including phenoxy) is 2. The molecule has 0 spiro atoms. The highest BCUT2D eigenvalue weighted by molar-refractivity contribution is 7.91. The second kappa shape index (κ2) is 15.7. The molecule has 56 heavy (non-hydrogen) atoms. The molecule has 0 unspecified atom stereocenters. The lowest BCUT2D eigenvalue weighted by Crippen LogP contribution is -2.55. The molecule has 3 fully saturated rings. The number of rotatable bonds is 7. The Hall–Kier alpha value is -4.66. The minimum absolute atomic E-state index is 0.0891. The van der Waals surface area contributed by atoms with Gasteiger partial charge in [-0.1, -0.05) is 62.0 Å². The zero-order valence-corrected chi connectivity index (χ0v) is 33.4. The predicted octanol–water partition coefficient (Wildman–Crippen LogP) is 5.34. The van der Waals surface area contributed by atoms with E-state index < -0.39 is 68.2 Å². The van der Waals surface area contributed by atoms with Crippen molar-refractivity contribution in [1.82, 2.24) is 20.5 Å². The van der Waals surface area contributed by atoms with Gasteiger partial charge >= 0.3 is 6.09 Å². The van der Waals surface area contributed by atoms with Crippen LogP contribution in [0.3, 0.4) is 0 Å². The first-order valence-electron chi connectivity index (χ1n) is 20.0. The van der Waals surface area contributed by atoms with Crippen LogP contribution in [-0.4, -0.2) is 78.6 Å². The van der Waals surface area contributed by atoms with Crippen molar-refractivity contribution in [3.63, 3.8) is 0 Å². The first-order valence-corrected chi connectivity index (χ1v) is 21.5. The summed E-state index contributed by atoms with van der Waals surface area (Å²) in [5.74, 6) is -3.30. The highest BCUT2D eigenvalue weighted by Crippen LogP contribution is 2.48. The van der Waals surface area contributed by atoms with Gasteiger partial charge in [-0.15, -0.1) is 0 Å². The van der Waals surface area contributed by atoms with Crippen LogP contribution < -0.4 is 20.2 Å². The lowest BCUT2D eigenvalue weighted by Gasteiger charge is -2.30. The number of nitrogens with zero attached hydrogens (tertiary/aromatic N) is 2. The minimum Gasteiger partial charge on any atom is -0.494 e. The zero-order chi connectivity index (χ0) is 39.8. The SMILES string of the molecule is CC[C@H]1C[C@]1(NC(=O)[C@@H]1C[C@@H]2C[C@H]1C(=O)N(NC(=O)OC(C)(C)C)CCCCCCCOc1ccc3c(c1)/C(=N\O2)c1ccccc1-3)C(=O)NS(=O)(=O)C1CC1. The van der Waals surface area contributed by atoms with E-state index in [1.807, 2.05) is 49.4 Å². The quantitative estimate of drug-likeness (QED) is 0.285. The molecular weight excluding hydrogens is 739 g/mol. The highest BCUT2D eigenvalue weighted by atomic mass is 32.2. The number of nitrogens with one attached hydrogen (secondary N) is 3. The van der Waals surface area contributed by atoms with Gasteiger partial charge in [0.05, 0.1) is 23.7 Å². The van der Waals surface area contributed by atoms with E-state index in [9.17, 15) is 27.6 Å². The van der Waals surface area contributed by atoms with Crippen LogP contribution in [0.4, 0.5) is 4.79 Å². The average Bonchev–Trinajstić information content (AvgIpc) is 4.06. The Morgan fingerprint density at radius 2 is 1.68 bits per heavy atom. The summed E-state index contributed by atoms with van der Waals surface area (Å²) in [5, 5.41) is 8.22. The fourth-order valence-corrected chi connectivity index (χ4v) is 9.57. The van der Waals surface area contributed by atoms with Gasteiger partial charge < -0.3 is 19.6 Å². The summed E-state index contributed by atoms with van der Waals surface area (Å²) in [6.45, 7) is 7.79. The Balaban J connectivity index is 1.20. The van der Waals surface area contributed by atoms with Crippen LogP contribution in [0.2, 0.25) is 0 Å². The van der Waals surface area contributed by atoms with E-state index in [1.165, 1.54) is 5.01 Å². The first-order chi connectivity index (χ1) is 26.7. The predicted molar refractivity (Wildman–Crippen MR) is 208 cm³/mol. The Labute approximate surface area is 328 Å². The Bertz CT molecular complexity index is 2010. The van der Waals surface area contributed by atoms with E-state index in [2.05, 4.69) is 20.6 Å². The van der Waals surface area contributed by atoms with E-state index in [-0.39, 0.29) is 31.7 Å². The second-order valence-corrected chi connectivity index (χ2v) is 18.7. The maximum atomic E-state index is 14.6. The molecule has 1 heterocycles. The van der Waals surface area contributed by atoms with Gasteiger partial charge in [0.1, 0.15) is 28.7 Å². The number of carbonyl (C=O) groups is 4. The van der Waals surface area contributed by atoms with Crippen molar-refractivity contribution < 1.29 is 41.9 Å². The molecule has 2 aromatic carbocycles. The smallest absolute Gasteiger partial charge is 0.426 e. The zero-order valence-electron chi connectivity index (χ0n) is 32.6. The number of hydrogen-bond donors (Lipinski definition) is 3. The molecular formula is C41H53N5O9S. The van der Waals surface area contributed by atoms with Crippen LogP contribution in [0.15, 0.2) is 47.6 Å². The molecule has 7 rings (SSSR count). The Kier molecular flexibility index (Phi) is 11.1. The Morgan fingerprint density at radius 1 is 0.964 bits per heavy atom. The first kappa shape index (κ1) is 39.6. The molecule has 1 aliphatic heterocycles. The van der Waals surface area contributed by atoms with Crippen LogP contribution in [0.25, 0.3) is 11.1 Å². The number of sulfonamides is 1. The topological polar surface area (TPSA) is 182 Å². The highest BCUT2D eigenvalue weighted by Gasteiger charge is 2.62. The molecule has 4 amide bonds. The van der Waals surface area contributed by atoms with Crippen LogP contribution >= 0.6 is 0 Å². The molecule has 4 bridgehead atoms. The van der Waals surface area contributed by atoms with Crippen molar-refractivity contribution in [2.75, 3.05) is 13.2 Å². The second-order valence-electron chi connectivity index (χ2n) is 16.8. The van der Waals surface area contributed by atoms with E-state index in [0.717, 1.165) is 53.7 Å². The summed E-state index contributed by atoms with van der Waals surface area (Å²) in [6.07, 6.45) is 4.49. The third-order valence-electron chi connectivity index (χ3n) is 11.4. The van der Waals surface area contributed by atoms with E-state index in [1.54, 1.807) is 20.8 Å². The molecule has 0 radical (unpaired) electrons. The summed E-state index contributed by atoms with van der Waals surface area (Å²) < 4.78 is 39.4. The fraction of sp³-hybridized carbons (Fsp3) is 0.585. The molecule has 5 atom stereocenters. The van der Waals surface area contributed by atoms with Gasteiger partial charge in [0.25, 0.3) is 5.91 Å². The summed E-state index contributed by atoms with van der Waals surface area (Å²) in [4.78, 5) is 61.9. The summed E-state index contributed by atoms with van der Waals surface area (Å²) in [5.41, 5.74) is 4.73. The Morgan fingerprint density at radius 3 is 2.39 bits per heavy atom. The molecule has 3 N–H and O–H groups in total. The van der Waals surface area contributed by atoms with Crippen molar-refractivity contribution in [2.45, 2.75) is 121 Å². The number of benzene rings is 2. The average molecular weight is 792 g/mol. The molecule has 4 aliphatic carbocycles. The van der Waals surface area contributed by atoms with Gasteiger partial charge in [-0.05, 0) is 101 Å². The molecule has 0 aromatic heterocycles. The molecule has 0 saturated heterocycles. The van der Waals surface area contributed by atoms with E-state index >= 15 is 0 Å². The molecule has 302 valence electrons. The van der Waals surface area contributed by atoms with Crippen molar-refractivity contribution in [2.24, 2.45) is 22.9 Å². The number of hydrogen-bond acceptors (Lipinski definition) is 10. The van der Waals surface area contributed by atoms with E-state index in [0.29, 0.717) is 38.0 Å². The lowest BCUT2D eigenvalue weighted by atomic mass is 9.93. The number of amides is 4.